The molecule has 0 aliphatic rings. The maximum absolute atomic E-state index is 12.6. The van der Waals surface area contributed by atoms with Gasteiger partial charge in [-0.25, -0.2) is 4.98 Å². The van der Waals surface area contributed by atoms with Gasteiger partial charge in [-0.05, 0) is 19.9 Å². The largest absolute Gasteiger partial charge is 0.288 e. The van der Waals surface area contributed by atoms with Gasteiger partial charge < -0.3 is 0 Å². The van der Waals surface area contributed by atoms with Crippen molar-refractivity contribution in [1.82, 2.24) is 14.8 Å². The average molecular weight is 314 g/mol. The van der Waals surface area contributed by atoms with E-state index >= 15 is 0 Å². The molecule has 0 aliphatic heterocycles. The molecule has 2 heterocycles. The highest BCUT2D eigenvalue weighted by Gasteiger charge is 2.20. The summed E-state index contributed by atoms with van der Waals surface area (Å²) in [7, 11) is 1.90. The molecular weight excluding hydrogens is 296 g/mol. The SMILES string of the molecule is CCN(C(=O)Cc1nn(C)c2ccccc12)c1nc(C)cs1. The van der Waals surface area contributed by atoms with Gasteiger partial charge in [-0.3, -0.25) is 14.4 Å². The quantitative estimate of drug-likeness (QED) is 0.744. The zero-order valence-corrected chi connectivity index (χ0v) is 13.7. The van der Waals surface area contributed by atoms with Crippen molar-refractivity contribution >= 4 is 33.3 Å². The van der Waals surface area contributed by atoms with Crippen LogP contribution in [-0.4, -0.2) is 27.2 Å². The van der Waals surface area contributed by atoms with Crippen LogP contribution in [0.4, 0.5) is 5.13 Å². The van der Waals surface area contributed by atoms with Crippen LogP contribution >= 0.6 is 11.3 Å². The maximum Gasteiger partial charge on any atom is 0.234 e. The van der Waals surface area contributed by atoms with E-state index in [0.29, 0.717) is 6.54 Å². The number of para-hydroxylation sites is 1. The highest BCUT2D eigenvalue weighted by Crippen LogP contribution is 2.23. The minimum absolute atomic E-state index is 0.0284. The number of amides is 1. The lowest BCUT2D eigenvalue weighted by Gasteiger charge is -2.17. The Morgan fingerprint density at radius 1 is 1.36 bits per heavy atom. The molecule has 2 aromatic heterocycles. The average Bonchev–Trinajstić information content (AvgIpc) is 3.05. The number of benzene rings is 1. The Morgan fingerprint density at radius 2 is 2.14 bits per heavy atom. The summed E-state index contributed by atoms with van der Waals surface area (Å²) >= 11 is 1.50. The Labute approximate surface area is 133 Å². The second-order valence-electron chi connectivity index (χ2n) is 5.17. The summed E-state index contributed by atoms with van der Waals surface area (Å²) in [6.45, 7) is 4.51. The molecule has 6 heteroatoms. The molecule has 3 aromatic rings. The Bertz CT molecular complexity index is 821. The molecule has 1 aromatic carbocycles. The number of likely N-dealkylation sites (N-methyl/N-ethyl adjacent to an activating group) is 1. The number of carbonyl (C=O) groups excluding carboxylic acids is 1. The minimum atomic E-state index is 0.0284. The number of aromatic nitrogens is 3. The zero-order valence-electron chi connectivity index (χ0n) is 12.9. The minimum Gasteiger partial charge on any atom is -0.288 e. The van der Waals surface area contributed by atoms with Crippen LogP contribution in [0.5, 0.6) is 0 Å². The smallest absolute Gasteiger partial charge is 0.234 e. The molecule has 114 valence electrons. The van der Waals surface area contributed by atoms with Crippen molar-refractivity contribution < 1.29 is 4.79 Å². The molecule has 0 N–H and O–H groups in total. The summed E-state index contributed by atoms with van der Waals surface area (Å²) in [4.78, 5) is 18.8. The van der Waals surface area contributed by atoms with Crippen LogP contribution in [0.2, 0.25) is 0 Å². The highest BCUT2D eigenvalue weighted by molar-refractivity contribution is 7.14. The molecule has 5 nitrogen and oxygen atoms in total. The van der Waals surface area contributed by atoms with E-state index in [1.54, 1.807) is 4.90 Å². The molecule has 0 spiro atoms. The highest BCUT2D eigenvalue weighted by atomic mass is 32.1. The fourth-order valence-electron chi connectivity index (χ4n) is 2.54. The van der Waals surface area contributed by atoms with E-state index in [2.05, 4.69) is 10.1 Å². The number of thiazole rings is 1. The van der Waals surface area contributed by atoms with Gasteiger partial charge in [0, 0.05) is 24.4 Å². The fraction of sp³-hybridized carbons (Fsp3) is 0.312. The summed E-state index contributed by atoms with van der Waals surface area (Å²) in [6.07, 6.45) is 0.286. The molecule has 0 atom stereocenters. The van der Waals surface area contributed by atoms with Crippen LogP contribution < -0.4 is 4.90 Å². The Balaban J connectivity index is 1.89. The lowest BCUT2D eigenvalue weighted by Crippen LogP contribution is -2.32. The lowest BCUT2D eigenvalue weighted by molar-refractivity contribution is -0.118. The van der Waals surface area contributed by atoms with Crippen LogP contribution in [0.15, 0.2) is 29.6 Å². The van der Waals surface area contributed by atoms with E-state index in [1.165, 1.54) is 11.3 Å². The van der Waals surface area contributed by atoms with Crippen LogP contribution in [-0.2, 0) is 18.3 Å². The second-order valence-corrected chi connectivity index (χ2v) is 6.01. The Hall–Kier alpha value is -2.21. The topological polar surface area (TPSA) is 51.0 Å². The number of fused-ring (bicyclic) bond motifs is 1. The van der Waals surface area contributed by atoms with Gasteiger partial charge in [0.25, 0.3) is 0 Å². The zero-order chi connectivity index (χ0) is 15.7. The first kappa shape index (κ1) is 14.7. The fourth-order valence-corrected chi connectivity index (χ4v) is 3.43. The monoisotopic (exact) mass is 314 g/mol. The Kier molecular flexibility index (Phi) is 3.94. The van der Waals surface area contributed by atoms with Gasteiger partial charge in [0.05, 0.1) is 23.3 Å². The van der Waals surface area contributed by atoms with Crippen molar-refractivity contribution in [2.45, 2.75) is 20.3 Å². The number of anilines is 1. The molecule has 22 heavy (non-hydrogen) atoms. The van der Waals surface area contributed by atoms with Crippen molar-refractivity contribution in [2.24, 2.45) is 7.05 Å². The van der Waals surface area contributed by atoms with Crippen LogP contribution in [0, 0.1) is 6.92 Å². The molecule has 0 saturated carbocycles. The van der Waals surface area contributed by atoms with Gasteiger partial charge in [-0.15, -0.1) is 11.3 Å². The van der Waals surface area contributed by atoms with Gasteiger partial charge in [-0.2, -0.15) is 5.10 Å². The first-order chi connectivity index (χ1) is 10.6. The third kappa shape index (κ3) is 2.62. The van der Waals surface area contributed by atoms with Gasteiger partial charge in [0.15, 0.2) is 5.13 Å². The number of hydrogen-bond donors (Lipinski definition) is 0. The van der Waals surface area contributed by atoms with Crippen molar-refractivity contribution in [3.8, 4) is 0 Å². The standard InChI is InChI=1S/C16H18N4OS/c1-4-20(16-17-11(2)10-22-16)15(21)9-13-12-7-5-6-8-14(12)19(3)18-13/h5-8,10H,4,9H2,1-3H3. The number of hydrogen-bond acceptors (Lipinski definition) is 4. The third-order valence-electron chi connectivity index (χ3n) is 3.61. The van der Waals surface area contributed by atoms with E-state index in [4.69, 9.17) is 0 Å². The number of carbonyl (C=O) groups is 1. The molecule has 3 rings (SSSR count). The maximum atomic E-state index is 12.6. The molecular formula is C16H18N4OS. The van der Waals surface area contributed by atoms with Crippen molar-refractivity contribution in [3.05, 3.63) is 41.0 Å². The third-order valence-corrected chi connectivity index (χ3v) is 4.59. The van der Waals surface area contributed by atoms with Gasteiger partial charge in [0.2, 0.25) is 5.91 Å². The van der Waals surface area contributed by atoms with Crippen LogP contribution in [0.3, 0.4) is 0 Å². The predicted octanol–water partition coefficient (Wildman–Crippen LogP) is 2.93. The molecule has 0 fully saturated rings. The lowest BCUT2D eigenvalue weighted by atomic mass is 10.1. The van der Waals surface area contributed by atoms with Crippen molar-refractivity contribution in [1.29, 1.82) is 0 Å². The number of nitrogens with zero attached hydrogens (tertiary/aromatic N) is 4. The summed E-state index contributed by atoms with van der Waals surface area (Å²) in [5.74, 6) is 0.0284. The van der Waals surface area contributed by atoms with E-state index in [0.717, 1.165) is 27.4 Å². The predicted molar refractivity (Wildman–Crippen MR) is 89.3 cm³/mol. The van der Waals surface area contributed by atoms with E-state index < -0.39 is 0 Å². The van der Waals surface area contributed by atoms with Gasteiger partial charge >= 0.3 is 0 Å². The first-order valence-electron chi connectivity index (χ1n) is 7.23. The van der Waals surface area contributed by atoms with Crippen molar-refractivity contribution in [2.75, 3.05) is 11.4 Å². The van der Waals surface area contributed by atoms with E-state index in [1.807, 2.05) is 55.2 Å². The van der Waals surface area contributed by atoms with Crippen LogP contribution in [0.1, 0.15) is 18.3 Å². The van der Waals surface area contributed by atoms with E-state index in [9.17, 15) is 4.79 Å². The van der Waals surface area contributed by atoms with Gasteiger partial charge in [0.1, 0.15) is 0 Å². The molecule has 0 unspecified atom stereocenters. The van der Waals surface area contributed by atoms with Gasteiger partial charge in [-0.1, -0.05) is 18.2 Å². The number of aryl methyl sites for hydroxylation is 2. The molecule has 0 radical (unpaired) electrons. The molecule has 0 aliphatic carbocycles. The molecule has 0 saturated heterocycles. The number of rotatable bonds is 4. The summed E-state index contributed by atoms with van der Waals surface area (Å²) in [5, 5.41) is 8.24. The molecule has 1 amide bonds. The normalized spacial score (nSPS) is 11.0. The van der Waals surface area contributed by atoms with E-state index in [-0.39, 0.29) is 12.3 Å². The molecule has 0 bridgehead atoms. The summed E-state index contributed by atoms with van der Waals surface area (Å²) in [6, 6.07) is 7.97. The Morgan fingerprint density at radius 3 is 2.82 bits per heavy atom. The first-order valence-corrected chi connectivity index (χ1v) is 8.11. The second kappa shape index (κ2) is 5.88. The van der Waals surface area contributed by atoms with Crippen molar-refractivity contribution in [3.63, 3.8) is 0 Å². The van der Waals surface area contributed by atoms with Crippen LogP contribution in [0.25, 0.3) is 10.9 Å². The summed E-state index contributed by atoms with van der Waals surface area (Å²) < 4.78 is 1.82. The summed E-state index contributed by atoms with van der Waals surface area (Å²) in [5.41, 5.74) is 2.79.